The first-order valence-electron chi connectivity index (χ1n) is 7.71. The summed E-state index contributed by atoms with van der Waals surface area (Å²) in [6.45, 7) is 9.73. The number of carbonyl (C=O) groups excluding carboxylic acids is 3. The molecule has 0 heterocycles. The summed E-state index contributed by atoms with van der Waals surface area (Å²) in [4.78, 5) is 34.6. The van der Waals surface area contributed by atoms with Crippen LogP contribution >= 0.6 is 0 Å². The van der Waals surface area contributed by atoms with E-state index in [0.29, 0.717) is 18.3 Å². The van der Waals surface area contributed by atoms with Crippen LogP contribution in [-0.2, 0) is 28.6 Å². The van der Waals surface area contributed by atoms with E-state index < -0.39 is 24.0 Å². The third kappa shape index (κ3) is 11.1. The van der Waals surface area contributed by atoms with Crippen molar-refractivity contribution >= 4 is 17.9 Å². The fraction of sp³-hybridized carbons (Fsp3) is 0.812. The molecule has 0 spiro atoms. The third-order valence-electron chi connectivity index (χ3n) is 2.82. The lowest BCUT2D eigenvalue weighted by Gasteiger charge is -2.16. The lowest BCUT2D eigenvalue weighted by Crippen LogP contribution is -2.32. The highest BCUT2D eigenvalue weighted by molar-refractivity contribution is 5.84. The van der Waals surface area contributed by atoms with E-state index >= 15 is 0 Å². The zero-order chi connectivity index (χ0) is 17.1. The highest BCUT2D eigenvalue weighted by Crippen LogP contribution is 2.08. The molecule has 0 aromatic rings. The van der Waals surface area contributed by atoms with Gasteiger partial charge in [-0.25, -0.2) is 4.79 Å². The van der Waals surface area contributed by atoms with Gasteiger partial charge in [0.2, 0.25) is 6.10 Å². The highest BCUT2D eigenvalue weighted by atomic mass is 16.6. The Labute approximate surface area is 132 Å². The predicted molar refractivity (Wildman–Crippen MR) is 81.0 cm³/mol. The van der Waals surface area contributed by atoms with Gasteiger partial charge in [-0.1, -0.05) is 27.7 Å². The molecule has 0 bridgehead atoms. The third-order valence-corrected chi connectivity index (χ3v) is 2.82. The van der Waals surface area contributed by atoms with Crippen LogP contribution in [0.2, 0.25) is 0 Å². The standard InChI is InChI=1S/C16H28O6/c1-11(2)6-8-20-15(18)10-14(22-13(5)17)16(19)21-9-7-12(3)4/h11-12,14H,6-10H2,1-5H3/t14-/m0/s1. The van der Waals surface area contributed by atoms with Crippen molar-refractivity contribution in [3.8, 4) is 0 Å². The summed E-state index contributed by atoms with van der Waals surface area (Å²) in [6.07, 6.45) is -0.116. The molecule has 0 aliphatic heterocycles. The van der Waals surface area contributed by atoms with Crippen molar-refractivity contribution in [1.82, 2.24) is 0 Å². The lowest BCUT2D eigenvalue weighted by molar-refractivity contribution is -0.171. The lowest BCUT2D eigenvalue weighted by atomic mass is 10.1. The average Bonchev–Trinajstić information content (AvgIpc) is 2.36. The minimum absolute atomic E-state index is 0.233. The second-order valence-corrected chi connectivity index (χ2v) is 6.06. The summed E-state index contributed by atoms with van der Waals surface area (Å²) >= 11 is 0. The van der Waals surface area contributed by atoms with E-state index in [4.69, 9.17) is 14.2 Å². The molecule has 6 heteroatoms. The molecule has 0 rings (SSSR count). The Hall–Kier alpha value is -1.59. The van der Waals surface area contributed by atoms with Crippen molar-refractivity contribution < 1.29 is 28.6 Å². The van der Waals surface area contributed by atoms with E-state index in [-0.39, 0.29) is 19.6 Å². The Bertz CT molecular complexity index is 362. The predicted octanol–water partition coefficient (Wildman–Crippen LogP) is 2.49. The van der Waals surface area contributed by atoms with E-state index in [1.165, 1.54) is 6.92 Å². The largest absolute Gasteiger partial charge is 0.466 e. The van der Waals surface area contributed by atoms with Crippen LogP contribution < -0.4 is 0 Å². The first-order valence-corrected chi connectivity index (χ1v) is 7.71. The highest BCUT2D eigenvalue weighted by Gasteiger charge is 2.27. The van der Waals surface area contributed by atoms with Crippen molar-refractivity contribution in [1.29, 1.82) is 0 Å². The molecule has 0 radical (unpaired) electrons. The van der Waals surface area contributed by atoms with Gasteiger partial charge in [0.15, 0.2) is 0 Å². The first kappa shape index (κ1) is 20.4. The van der Waals surface area contributed by atoms with Gasteiger partial charge in [0.25, 0.3) is 0 Å². The maximum Gasteiger partial charge on any atom is 0.348 e. The van der Waals surface area contributed by atoms with Gasteiger partial charge in [0.1, 0.15) is 0 Å². The number of carbonyl (C=O) groups is 3. The van der Waals surface area contributed by atoms with E-state index in [9.17, 15) is 14.4 Å². The van der Waals surface area contributed by atoms with Crippen LogP contribution in [0.25, 0.3) is 0 Å². The van der Waals surface area contributed by atoms with Crippen LogP contribution in [-0.4, -0.2) is 37.2 Å². The quantitative estimate of drug-likeness (QED) is 0.455. The Kier molecular flexibility index (Phi) is 10.2. The average molecular weight is 316 g/mol. The minimum Gasteiger partial charge on any atom is -0.466 e. The smallest absolute Gasteiger partial charge is 0.348 e. The Morgan fingerprint density at radius 2 is 1.36 bits per heavy atom. The molecule has 0 unspecified atom stereocenters. The molecule has 0 saturated carbocycles. The van der Waals surface area contributed by atoms with E-state index in [2.05, 4.69) is 0 Å². The van der Waals surface area contributed by atoms with Crippen molar-refractivity contribution in [3.05, 3.63) is 0 Å². The molecule has 0 amide bonds. The summed E-state index contributed by atoms with van der Waals surface area (Å²) in [7, 11) is 0. The molecule has 0 aromatic carbocycles. The van der Waals surface area contributed by atoms with Crippen molar-refractivity contribution in [2.75, 3.05) is 13.2 Å². The molecule has 0 aromatic heterocycles. The van der Waals surface area contributed by atoms with E-state index in [0.717, 1.165) is 6.42 Å². The van der Waals surface area contributed by atoms with Gasteiger partial charge in [-0.05, 0) is 24.7 Å². The minimum atomic E-state index is -1.24. The zero-order valence-corrected chi connectivity index (χ0v) is 14.2. The van der Waals surface area contributed by atoms with Crippen molar-refractivity contribution in [2.45, 2.75) is 60.0 Å². The number of hydrogen-bond donors (Lipinski definition) is 0. The van der Waals surface area contributed by atoms with Crippen LogP contribution in [0.5, 0.6) is 0 Å². The molecular formula is C16H28O6. The fourth-order valence-corrected chi connectivity index (χ4v) is 1.48. The van der Waals surface area contributed by atoms with Crippen LogP contribution in [0.15, 0.2) is 0 Å². The molecule has 0 saturated heterocycles. The topological polar surface area (TPSA) is 78.9 Å². The van der Waals surface area contributed by atoms with Gasteiger partial charge in [0.05, 0.1) is 19.6 Å². The van der Waals surface area contributed by atoms with E-state index in [1.54, 1.807) is 0 Å². The Morgan fingerprint density at radius 1 is 0.864 bits per heavy atom. The molecule has 0 aliphatic rings. The van der Waals surface area contributed by atoms with Gasteiger partial charge in [-0.15, -0.1) is 0 Å². The summed E-state index contributed by atoms with van der Waals surface area (Å²) in [5.41, 5.74) is 0. The molecule has 0 aliphatic carbocycles. The monoisotopic (exact) mass is 316 g/mol. The van der Waals surface area contributed by atoms with Crippen LogP contribution in [0.4, 0.5) is 0 Å². The number of ether oxygens (including phenoxy) is 3. The molecule has 1 atom stereocenters. The summed E-state index contributed by atoms with van der Waals surface area (Å²) < 4.78 is 14.9. The summed E-state index contributed by atoms with van der Waals surface area (Å²) in [5, 5.41) is 0. The number of rotatable bonds is 10. The molecule has 6 nitrogen and oxygen atoms in total. The number of esters is 3. The molecule has 0 fully saturated rings. The maximum atomic E-state index is 11.9. The van der Waals surface area contributed by atoms with Gasteiger partial charge >= 0.3 is 17.9 Å². The summed E-state index contributed by atoms with van der Waals surface area (Å²) in [6, 6.07) is 0. The molecular weight excluding hydrogens is 288 g/mol. The number of hydrogen-bond acceptors (Lipinski definition) is 6. The SMILES string of the molecule is CC(=O)O[C@@H](CC(=O)OCCC(C)C)C(=O)OCCC(C)C. The van der Waals surface area contributed by atoms with E-state index in [1.807, 2.05) is 27.7 Å². The fourth-order valence-electron chi connectivity index (χ4n) is 1.48. The molecule has 22 heavy (non-hydrogen) atoms. The van der Waals surface area contributed by atoms with Crippen LogP contribution in [0.3, 0.4) is 0 Å². The van der Waals surface area contributed by atoms with Crippen molar-refractivity contribution in [3.63, 3.8) is 0 Å². The van der Waals surface area contributed by atoms with Gasteiger partial charge in [-0.2, -0.15) is 0 Å². The summed E-state index contributed by atoms with van der Waals surface area (Å²) in [5.74, 6) is -1.12. The van der Waals surface area contributed by atoms with Gasteiger partial charge < -0.3 is 14.2 Å². The van der Waals surface area contributed by atoms with Crippen LogP contribution in [0.1, 0.15) is 53.9 Å². The Balaban J connectivity index is 4.34. The second kappa shape index (κ2) is 11.0. The first-order chi connectivity index (χ1) is 10.2. The van der Waals surface area contributed by atoms with Gasteiger partial charge in [0, 0.05) is 6.92 Å². The van der Waals surface area contributed by atoms with Crippen molar-refractivity contribution in [2.24, 2.45) is 11.8 Å². The Morgan fingerprint density at radius 3 is 1.82 bits per heavy atom. The van der Waals surface area contributed by atoms with Crippen LogP contribution in [0, 0.1) is 11.8 Å². The molecule has 0 N–H and O–H groups in total. The molecule has 128 valence electrons. The maximum absolute atomic E-state index is 11.9. The normalized spacial score (nSPS) is 12.1. The zero-order valence-electron chi connectivity index (χ0n) is 14.2. The van der Waals surface area contributed by atoms with Gasteiger partial charge in [-0.3, -0.25) is 9.59 Å². The second-order valence-electron chi connectivity index (χ2n) is 6.06.